The third-order valence-corrected chi connectivity index (χ3v) is 5.63. The first-order valence-electron chi connectivity index (χ1n) is 9.76. The molecule has 1 aromatic carbocycles. The molecule has 0 spiro atoms. The van der Waals surface area contributed by atoms with Crippen LogP contribution in [0, 0.1) is 0 Å². The lowest BCUT2D eigenvalue weighted by Gasteiger charge is -2.27. The second kappa shape index (κ2) is 7.94. The summed E-state index contributed by atoms with van der Waals surface area (Å²) >= 11 is 3.53. The first-order valence-corrected chi connectivity index (χ1v) is 10.7. The summed E-state index contributed by atoms with van der Waals surface area (Å²) in [6.45, 7) is 3.93. The van der Waals surface area contributed by atoms with E-state index in [-0.39, 0.29) is 5.91 Å². The fourth-order valence-corrected chi connectivity index (χ4v) is 4.14. The average molecular weight is 411 g/mol. The zero-order valence-electron chi connectivity index (χ0n) is 17.0. The monoisotopic (exact) mass is 410 g/mol. The van der Waals surface area contributed by atoms with Crippen molar-refractivity contribution in [3.63, 3.8) is 0 Å². The minimum absolute atomic E-state index is 0.121. The Hall–Kier alpha value is -2.74. The number of H-pyrrole nitrogens is 1. The number of fused-ring (bicyclic) bond motifs is 2. The number of anilines is 2. The van der Waals surface area contributed by atoms with Crippen molar-refractivity contribution in [1.29, 1.82) is 0 Å². The maximum absolute atomic E-state index is 11.8. The van der Waals surface area contributed by atoms with Crippen LogP contribution in [-0.4, -0.2) is 50.1 Å². The molecule has 0 radical (unpaired) electrons. The number of carbonyl (C=O) groups is 1. The van der Waals surface area contributed by atoms with Gasteiger partial charge in [-0.05, 0) is 35.9 Å². The second-order valence-corrected chi connectivity index (χ2v) is 7.34. The zero-order chi connectivity index (χ0) is 20.5. The molecule has 1 amide bonds. The number of hydrogen-bond acceptors (Lipinski definition) is 5. The Labute approximate surface area is 176 Å². The summed E-state index contributed by atoms with van der Waals surface area (Å²) in [6.07, 6.45) is 7.45. The van der Waals surface area contributed by atoms with Crippen LogP contribution in [0.5, 0.6) is 0 Å². The Morgan fingerprint density at radius 3 is 2.72 bits per heavy atom. The third kappa shape index (κ3) is 3.53. The van der Waals surface area contributed by atoms with E-state index in [9.17, 15) is 4.79 Å². The molecular weight excluding hydrogens is 384 g/mol. The van der Waals surface area contributed by atoms with Crippen molar-refractivity contribution in [2.75, 3.05) is 24.2 Å². The topological polar surface area (TPSA) is 70.1 Å². The van der Waals surface area contributed by atoms with E-state index in [1.165, 1.54) is 16.8 Å². The zero-order valence-corrected chi connectivity index (χ0v) is 17.9. The number of rotatable bonds is 2. The Morgan fingerprint density at radius 1 is 1.17 bits per heavy atom. The minimum atomic E-state index is 0.121. The fraction of sp³-hybridized carbons (Fsp3) is 0.381. The van der Waals surface area contributed by atoms with E-state index in [4.69, 9.17) is 0 Å². The lowest BCUT2D eigenvalue weighted by molar-refractivity contribution is -0.129. The molecule has 1 N–H and O–H groups in total. The van der Waals surface area contributed by atoms with Gasteiger partial charge >= 0.3 is 0 Å². The maximum Gasteiger partial charge on any atom is 0.219 e. The summed E-state index contributed by atoms with van der Waals surface area (Å²) in [5, 5.41) is 12.1. The molecule has 152 valence electrons. The standard InChI is InChI=1S/C20H22N6O.CH4S/c1-13(27)25-7-6-18-17(12-25)20(23-22-18)26-8-5-15-9-14(3-4-19(15)26)16-10-21-24(2)11-16;1-2/h3-4,9-11H,5-8,12H2,1-2H3,(H,22,23);2H,1H3. The number of nitrogens with one attached hydrogen (secondary N) is 1. The molecule has 0 atom stereocenters. The lowest BCUT2D eigenvalue weighted by atomic mass is 10.0. The van der Waals surface area contributed by atoms with E-state index >= 15 is 0 Å². The van der Waals surface area contributed by atoms with Crippen molar-refractivity contribution in [3.8, 4) is 11.1 Å². The van der Waals surface area contributed by atoms with E-state index in [0.717, 1.165) is 48.6 Å². The molecule has 0 fully saturated rings. The number of benzene rings is 1. The highest BCUT2D eigenvalue weighted by molar-refractivity contribution is 7.79. The second-order valence-electron chi connectivity index (χ2n) is 7.34. The summed E-state index contributed by atoms with van der Waals surface area (Å²) in [5.74, 6) is 1.08. The molecule has 2 aromatic heterocycles. The lowest BCUT2D eigenvalue weighted by Crippen LogP contribution is -2.34. The minimum Gasteiger partial charge on any atom is -0.338 e. The molecule has 0 saturated heterocycles. The number of nitrogens with zero attached hydrogens (tertiary/aromatic N) is 5. The molecule has 8 heteroatoms. The quantitative estimate of drug-likeness (QED) is 0.638. The Kier molecular flexibility index (Phi) is 5.36. The average Bonchev–Trinajstić information content (AvgIpc) is 3.46. The van der Waals surface area contributed by atoms with Crippen molar-refractivity contribution in [2.45, 2.75) is 26.3 Å². The first-order chi connectivity index (χ1) is 14.1. The van der Waals surface area contributed by atoms with E-state index in [2.05, 4.69) is 51.0 Å². The molecule has 0 saturated carbocycles. The predicted octanol–water partition coefficient (Wildman–Crippen LogP) is 2.96. The largest absolute Gasteiger partial charge is 0.338 e. The van der Waals surface area contributed by atoms with Crippen LogP contribution in [0.1, 0.15) is 23.7 Å². The third-order valence-electron chi connectivity index (χ3n) is 5.63. The van der Waals surface area contributed by atoms with Crippen molar-refractivity contribution in [2.24, 2.45) is 7.05 Å². The van der Waals surface area contributed by atoms with Gasteiger partial charge in [-0.3, -0.25) is 14.6 Å². The number of thiol groups is 1. The van der Waals surface area contributed by atoms with Gasteiger partial charge in [0.15, 0.2) is 5.82 Å². The smallest absolute Gasteiger partial charge is 0.219 e. The Bertz CT molecular complexity index is 1040. The summed E-state index contributed by atoms with van der Waals surface area (Å²) < 4.78 is 1.83. The number of aryl methyl sites for hydroxylation is 1. The van der Waals surface area contributed by atoms with E-state index in [1.807, 2.05) is 29.0 Å². The highest BCUT2D eigenvalue weighted by atomic mass is 32.1. The van der Waals surface area contributed by atoms with Crippen LogP contribution in [0.4, 0.5) is 11.5 Å². The van der Waals surface area contributed by atoms with E-state index in [0.29, 0.717) is 6.54 Å². The molecule has 0 unspecified atom stereocenters. The van der Waals surface area contributed by atoms with Crippen LogP contribution < -0.4 is 4.90 Å². The van der Waals surface area contributed by atoms with Crippen LogP contribution in [0.15, 0.2) is 30.6 Å². The van der Waals surface area contributed by atoms with Gasteiger partial charge < -0.3 is 9.80 Å². The van der Waals surface area contributed by atoms with Crippen LogP contribution in [0.25, 0.3) is 11.1 Å². The van der Waals surface area contributed by atoms with Crippen LogP contribution in [0.3, 0.4) is 0 Å². The van der Waals surface area contributed by atoms with Gasteiger partial charge in [-0.25, -0.2) is 0 Å². The Balaban J connectivity index is 0.000000994. The number of aromatic nitrogens is 4. The van der Waals surface area contributed by atoms with Crippen molar-refractivity contribution >= 4 is 30.0 Å². The number of hydrogen-bond donors (Lipinski definition) is 2. The molecule has 0 aliphatic carbocycles. The maximum atomic E-state index is 11.8. The number of aromatic amines is 1. The van der Waals surface area contributed by atoms with E-state index < -0.39 is 0 Å². The van der Waals surface area contributed by atoms with Crippen LogP contribution in [0.2, 0.25) is 0 Å². The van der Waals surface area contributed by atoms with Crippen molar-refractivity contribution in [1.82, 2.24) is 24.9 Å². The van der Waals surface area contributed by atoms with Crippen LogP contribution in [-0.2, 0) is 31.2 Å². The van der Waals surface area contributed by atoms with E-state index in [1.54, 1.807) is 13.2 Å². The molecule has 7 nitrogen and oxygen atoms in total. The molecule has 2 aliphatic heterocycles. The summed E-state index contributed by atoms with van der Waals surface area (Å²) in [4.78, 5) is 16.0. The molecule has 2 aliphatic rings. The summed E-state index contributed by atoms with van der Waals surface area (Å²) in [5.41, 5.74) is 7.16. The van der Waals surface area contributed by atoms with Gasteiger partial charge in [0.25, 0.3) is 0 Å². The normalized spacial score (nSPS) is 14.9. The predicted molar refractivity (Wildman–Crippen MR) is 118 cm³/mol. The summed E-state index contributed by atoms with van der Waals surface area (Å²) in [7, 11) is 1.93. The number of carbonyl (C=O) groups excluding carboxylic acids is 1. The summed E-state index contributed by atoms with van der Waals surface area (Å²) in [6, 6.07) is 6.58. The Morgan fingerprint density at radius 2 is 2.00 bits per heavy atom. The van der Waals surface area contributed by atoms with Gasteiger partial charge in [0.2, 0.25) is 5.91 Å². The van der Waals surface area contributed by atoms with Gasteiger partial charge in [0.05, 0.1) is 12.7 Å². The van der Waals surface area contributed by atoms with Gasteiger partial charge in [0, 0.05) is 62.2 Å². The molecule has 5 rings (SSSR count). The molecule has 3 aromatic rings. The van der Waals surface area contributed by atoms with Gasteiger partial charge in [-0.2, -0.15) is 22.8 Å². The van der Waals surface area contributed by atoms with Crippen molar-refractivity contribution in [3.05, 3.63) is 47.4 Å². The van der Waals surface area contributed by atoms with Crippen LogP contribution >= 0.6 is 12.6 Å². The van der Waals surface area contributed by atoms with Crippen molar-refractivity contribution < 1.29 is 4.79 Å². The molecule has 0 bridgehead atoms. The number of amides is 1. The molecule has 29 heavy (non-hydrogen) atoms. The fourth-order valence-electron chi connectivity index (χ4n) is 4.14. The first kappa shape index (κ1) is 19.6. The van der Waals surface area contributed by atoms with Gasteiger partial charge in [-0.15, -0.1) is 0 Å². The highest BCUT2D eigenvalue weighted by Gasteiger charge is 2.29. The highest BCUT2D eigenvalue weighted by Crippen LogP contribution is 2.39. The SMILES string of the molecule is CC(=O)N1CCc2[nH]nc(N3CCc4cc(-c5cnn(C)c5)ccc43)c2C1.CS. The molecular formula is C21H26N6OS. The van der Waals surface area contributed by atoms with Gasteiger partial charge in [-0.1, -0.05) is 6.07 Å². The molecule has 4 heterocycles. The van der Waals surface area contributed by atoms with Gasteiger partial charge in [0.1, 0.15) is 0 Å².